The number of ether oxygens (including phenoxy) is 1. The van der Waals surface area contributed by atoms with Gasteiger partial charge >= 0.3 is 0 Å². The minimum atomic E-state index is 0.514. The van der Waals surface area contributed by atoms with E-state index in [0.717, 1.165) is 27.1 Å². The lowest BCUT2D eigenvalue weighted by atomic mass is 10.2. The third-order valence-electron chi connectivity index (χ3n) is 2.86. The number of anilines is 2. The van der Waals surface area contributed by atoms with Crippen molar-refractivity contribution < 1.29 is 4.74 Å². The predicted octanol–water partition coefficient (Wildman–Crippen LogP) is 3.04. The molecule has 0 spiro atoms. The zero-order valence-corrected chi connectivity index (χ0v) is 11.0. The number of hydrogen-bond acceptors (Lipinski definition) is 5. The van der Waals surface area contributed by atoms with Gasteiger partial charge in [0.2, 0.25) is 0 Å². The molecule has 0 amide bonds. The fourth-order valence-electron chi connectivity index (χ4n) is 1.81. The Morgan fingerprint density at radius 3 is 2.63 bits per heavy atom. The van der Waals surface area contributed by atoms with E-state index in [-0.39, 0.29) is 0 Å². The number of rotatable bonds is 3. The Kier molecular flexibility index (Phi) is 2.97. The van der Waals surface area contributed by atoms with Crippen molar-refractivity contribution in [1.29, 1.82) is 0 Å². The van der Waals surface area contributed by atoms with Gasteiger partial charge in [-0.05, 0) is 47.4 Å². The van der Waals surface area contributed by atoms with Crippen molar-refractivity contribution in [1.82, 2.24) is 4.37 Å². The lowest BCUT2D eigenvalue weighted by Gasteiger charge is -2.06. The van der Waals surface area contributed by atoms with E-state index in [1.54, 1.807) is 0 Å². The van der Waals surface area contributed by atoms with E-state index >= 15 is 0 Å². The second kappa shape index (κ2) is 4.78. The lowest BCUT2D eigenvalue weighted by Crippen LogP contribution is -1.95. The summed E-state index contributed by atoms with van der Waals surface area (Å²) >= 11 is 1.38. The maximum atomic E-state index is 5.75. The van der Waals surface area contributed by atoms with Crippen molar-refractivity contribution in [3.05, 3.63) is 48.0 Å². The van der Waals surface area contributed by atoms with Crippen LogP contribution in [0.2, 0.25) is 0 Å². The van der Waals surface area contributed by atoms with Gasteiger partial charge in [-0.25, -0.2) is 0 Å². The molecule has 3 aromatic rings. The first-order valence-corrected chi connectivity index (χ1v) is 6.62. The van der Waals surface area contributed by atoms with E-state index in [0.29, 0.717) is 12.4 Å². The average Bonchev–Trinajstić information content (AvgIpc) is 2.79. The molecular formula is C14H13N3OS. The predicted molar refractivity (Wildman–Crippen MR) is 79.2 cm³/mol. The van der Waals surface area contributed by atoms with E-state index in [2.05, 4.69) is 4.37 Å². The van der Waals surface area contributed by atoms with Gasteiger partial charge in [0.15, 0.2) is 0 Å². The highest BCUT2D eigenvalue weighted by atomic mass is 32.1. The molecule has 0 aliphatic heterocycles. The zero-order valence-electron chi connectivity index (χ0n) is 10.2. The van der Waals surface area contributed by atoms with Crippen molar-refractivity contribution in [2.75, 3.05) is 11.5 Å². The Morgan fingerprint density at radius 1 is 1.05 bits per heavy atom. The SMILES string of the molecule is Nc1ccc(COc2ccc3c(N)nsc3c2)cc1. The molecule has 1 aromatic heterocycles. The van der Waals surface area contributed by atoms with Crippen LogP contribution in [0.5, 0.6) is 5.75 Å². The third-order valence-corrected chi connectivity index (χ3v) is 3.68. The molecular weight excluding hydrogens is 258 g/mol. The highest BCUT2D eigenvalue weighted by Gasteiger charge is 2.04. The highest BCUT2D eigenvalue weighted by molar-refractivity contribution is 7.13. The van der Waals surface area contributed by atoms with Gasteiger partial charge in [0.1, 0.15) is 18.2 Å². The number of benzene rings is 2. The molecule has 4 N–H and O–H groups in total. The molecule has 0 saturated carbocycles. The Morgan fingerprint density at radius 2 is 1.84 bits per heavy atom. The van der Waals surface area contributed by atoms with Crippen molar-refractivity contribution >= 4 is 33.1 Å². The van der Waals surface area contributed by atoms with Crippen LogP contribution in [0, 0.1) is 0 Å². The summed E-state index contributed by atoms with van der Waals surface area (Å²) < 4.78 is 10.9. The van der Waals surface area contributed by atoms with Crippen molar-refractivity contribution in [3.63, 3.8) is 0 Å². The van der Waals surface area contributed by atoms with Gasteiger partial charge in [0, 0.05) is 11.1 Å². The van der Waals surface area contributed by atoms with E-state index < -0.39 is 0 Å². The van der Waals surface area contributed by atoms with Gasteiger partial charge in [-0.1, -0.05) is 12.1 Å². The molecule has 0 fully saturated rings. The summed E-state index contributed by atoms with van der Waals surface area (Å²) in [4.78, 5) is 0. The molecule has 0 saturated heterocycles. The molecule has 0 aliphatic carbocycles. The fraction of sp³-hybridized carbons (Fsp3) is 0.0714. The topological polar surface area (TPSA) is 74.2 Å². The maximum absolute atomic E-state index is 5.75. The average molecular weight is 271 g/mol. The van der Waals surface area contributed by atoms with Gasteiger partial charge in [0.05, 0.1) is 4.70 Å². The number of fused-ring (bicyclic) bond motifs is 1. The normalized spacial score (nSPS) is 10.7. The van der Waals surface area contributed by atoms with E-state index in [1.165, 1.54) is 11.5 Å². The number of nitrogen functional groups attached to an aromatic ring is 2. The number of aromatic nitrogens is 1. The van der Waals surface area contributed by atoms with Crippen LogP contribution in [-0.4, -0.2) is 4.37 Å². The summed E-state index contributed by atoms with van der Waals surface area (Å²) in [6.07, 6.45) is 0. The van der Waals surface area contributed by atoms with E-state index in [9.17, 15) is 0 Å². The van der Waals surface area contributed by atoms with Crippen LogP contribution in [-0.2, 0) is 6.61 Å². The summed E-state index contributed by atoms with van der Waals surface area (Å²) in [5.41, 5.74) is 13.2. The summed E-state index contributed by atoms with van der Waals surface area (Å²) in [7, 11) is 0. The van der Waals surface area contributed by atoms with Gasteiger partial charge in [0.25, 0.3) is 0 Å². The van der Waals surface area contributed by atoms with Crippen LogP contribution in [0.15, 0.2) is 42.5 Å². The van der Waals surface area contributed by atoms with Crippen molar-refractivity contribution in [2.45, 2.75) is 6.61 Å². The largest absolute Gasteiger partial charge is 0.489 e. The van der Waals surface area contributed by atoms with Gasteiger partial charge in [-0.2, -0.15) is 4.37 Å². The minimum absolute atomic E-state index is 0.514. The summed E-state index contributed by atoms with van der Waals surface area (Å²) in [5.74, 6) is 1.39. The van der Waals surface area contributed by atoms with Crippen LogP contribution in [0.1, 0.15) is 5.56 Å². The van der Waals surface area contributed by atoms with Crippen LogP contribution in [0.4, 0.5) is 11.5 Å². The smallest absolute Gasteiger partial charge is 0.144 e. The lowest BCUT2D eigenvalue weighted by molar-refractivity contribution is 0.307. The second-order valence-electron chi connectivity index (χ2n) is 4.26. The summed E-state index contributed by atoms with van der Waals surface area (Å²) in [6, 6.07) is 13.5. The van der Waals surface area contributed by atoms with Crippen LogP contribution in [0.3, 0.4) is 0 Å². The molecule has 2 aromatic carbocycles. The van der Waals surface area contributed by atoms with Crippen LogP contribution < -0.4 is 16.2 Å². The molecule has 96 valence electrons. The molecule has 5 heteroatoms. The second-order valence-corrected chi connectivity index (χ2v) is 5.06. The zero-order chi connectivity index (χ0) is 13.2. The van der Waals surface area contributed by atoms with Gasteiger partial charge in [-0.3, -0.25) is 0 Å². The molecule has 0 bridgehead atoms. The minimum Gasteiger partial charge on any atom is -0.489 e. The Bertz CT molecular complexity index is 706. The Hall–Kier alpha value is -2.27. The van der Waals surface area contributed by atoms with Crippen molar-refractivity contribution in [3.8, 4) is 5.75 Å². The molecule has 0 unspecified atom stereocenters. The number of hydrogen-bond donors (Lipinski definition) is 2. The third kappa shape index (κ3) is 2.46. The highest BCUT2D eigenvalue weighted by Crippen LogP contribution is 2.28. The van der Waals surface area contributed by atoms with E-state index in [4.69, 9.17) is 16.2 Å². The van der Waals surface area contributed by atoms with Crippen LogP contribution >= 0.6 is 11.5 Å². The van der Waals surface area contributed by atoms with Gasteiger partial charge in [-0.15, -0.1) is 0 Å². The summed E-state index contributed by atoms with van der Waals surface area (Å²) in [6.45, 7) is 0.514. The molecule has 1 heterocycles. The molecule has 19 heavy (non-hydrogen) atoms. The maximum Gasteiger partial charge on any atom is 0.144 e. The molecule has 3 rings (SSSR count). The van der Waals surface area contributed by atoms with Gasteiger partial charge < -0.3 is 16.2 Å². The fourth-order valence-corrected chi connectivity index (χ4v) is 2.54. The number of nitrogens with zero attached hydrogens (tertiary/aromatic N) is 1. The Labute approximate surface area is 114 Å². The first-order chi connectivity index (χ1) is 9.22. The molecule has 0 aliphatic rings. The molecule has 0 radical (unpaired) electrons. The number of nitrogens with two attached hydrogens (primary N) is 2. The standard InChI is InChI=1S/C14H13N3OS/c15-10-3-1-9(2-4-10)8-18-11-5-6-12-13(7-11)19-17-14(12)16/h1-7H,8,15H2,(H2,16,17). The Balaban J connectivity index is 1.76. The van der Waals surface area contributed by atoms with Crippen LogP contribution in [0.25, 0.3) is 10.1 Å². The first-order valence-electron chi connectivity index (χ1n) is 5.84. The van der Waals surface area contributed by atoms with E-state index in [1.807, 2.05) is 42.5 Å². The van der Waals surface area contributed by atoms with Crippen molar-refractivity contribution in [2.24, 2.45) is 0 Å². The quantitative estimate of drug-likeness (QED) is 0.718. The molecule has 0 atom stereocenters. The monoisotopic (exact) mass is 271 g/mol. The summed E-state index contributed by atoms with van der Waals surface area (Å²) in [5, 5.41) is 0.977. The first kappa shape index (κ1) is 11.8. The molecule has 4 nitrogen and oxygen atoms in total.